The Morgan fingerprint density at radius 2 is 1.62 bits per heavy atom. The molecule has 0 spiro atoms. The van der Waals surface area contributed by atoms with E-state index in [-0.39, 0.29) is 11.9 Å². The number of benzene rings is 3. The van der Waals surface area contributed by atoms with Crippen molar-refractivity contribution in [1.29, 1.82) is 0 Å². The number of ether oxygens (including phenoxy) is 1. The molecule has 3 amide bonds. The van der Waals surface area contributed by atoms with Gasteiger partial charge in [0.15, 0.2) is 0 Å². The zero-order valence-corrected chi connectivity index (χ0v) is 19.7. The van der Waals surface area contributed by atoms with Gasteiger partial charge in [-0.05, 0) is 41.0 Å². The summed E-state index contributed by atoms with van der Waals surface area (Å²) in [5.41, 5.74) is 0.948. The van der Waals surface area contributed by atoms with Gasteiger partial charge in [-0.15, -0.1) is 0 Å². The third-order valence-corrected chi connectivity index (χ3v) is 7.00. The van der Waals surface area contributed by atoms with E-state index in [4.69, 9.17) is 4.74 Å². The van der Waals surface area contributed by atoms with E-state index in [1.807, 2.05) is 18.2 Å². The summed E-state index contributed by atoms with van der Waals surface area (Å²) in [5.74, 6) is 0.422. The van der Waals surface area contributed by atoms with E-state index >= 15 is 0 Å². The molecule has 0 aromatic heterocycles. The molecule has 7 heteroatoms. The van der Waals surface area contributed by atoms with E-state index in [1.165, 1.54) is 21.2 Å². The topological polar surface area (TPSA) is 65.1 Å². The summed E-state index contributed by atoms with van der Waals surface area (Å²) in [6.45, 7) is 6.33. The molecule has 1 atom stereocenters. The Morgan fingerprint density at radius 3 is 2.41 bits per heavy atom. The molecular formula is C27H30N4O3. The minimum atomic E-state index is -1.10. The predicted octanol–water partition coefficient (Wildman–Crippen LogP) is 3.39. The van der Waals surface area contributed by atoms with E-state index in [0.29, 0.717) is 18.0 Å². The summed E-state index contributed by atoms with van der Waals surface area (Å²) in [4.78, 5) is 32.0. The van der Waals surface area contributed by atoms with Gasteiger partial charge in [0.25, 0.3) is 5.91 Å². The molecule has 2 saturated heterocycles. The molecular weight excluding hydrogens is 428 g/mol. The van der Waals surface area contributed by atoms with Crippen molar-refractivity contribution in [3.8, 4) is 5.75 Å². The van der Waals surface area contributed by atoms with Crippen molar-refractivity contribution in [1.82, 2.24) is 20.0 Å². The monoisotopic (exact) mass is 458 g/mol. The average Bonchev–Trinajstić information content (AvgIpc) is 3.09. The SMILES string of the molecule is COc1cccc(C2(C)NC(=O)N(CN3CCN(Cc4cccc5ccccc45)CC3)C2=O)c1. The standard InChI is InChI=1S/C27H30N4O3/c1-27(22-10-6-11-23(17-22)34-2)25(32)31(26(33)28-27)19-30-15-13-29(14-16-30)18-21-9-5-8-20-7-3-4-12-24(20)21/h3-12,17H,13-16,18-19H2,1-2H3,(H,28,33). The van der Waals surface area contributed by atoms with Crippen LogP contribution in [0.4, 0.5) is 4.79 Å². The molecule has 3 aromatic carbocycles. The highest BCUT2D eigenvalue weighted by molar-refractivity contribution is 6.07. The van der Waals surface area contributed by atoms with E-state index in [2.05, 4.69) is 57.6 Å². The lowest BCUT2D eigenvalue weighted by atomic mass is 9.92. The van der Waals surface area contributed by atoms with Crippen LogP contribution in [-0.4, -0.2) is 66.6 Å². The summed E-state index contributed by atoms with van der Waals surface area (Å²) >= 11 is 0. The molecule has 7 nitrogen and oxygen atoms in total. The number of urea groups is 1. The van der Waals surface area contributed by atoms with Crippen molar-refractivity contribution >= 4 is 22.7 Å². The van der Waals surface area contributed by atoms with Gasteiger partial charge in [0.05, 0.1) is 13.8 Å². The van der Waals surface area contributed by atoms with Crippen LogP contribution in [0, 0.1) is 0 Å². The molecule has 0 radical (unpaired) electrons. The third kappa shape index (κ3) is 4.13. The largest absolute Gasteiger partial charge is 0.497 e. The first kappa shape index (κ1) is 22.4. The van der Waals surface area contributed by atoms with Crippen LogP contribution in [0.15, 0.2) is 66.7 Å². The van der Waals surface area contributed by atoms with Crippen molar-refractivity contribution < 1.29 is 14.3 Å². The zero-order chi connectivity index (χ0) is 23.7. The fraction of sp³-hybridized carbons (Fsp3) is 0.333. The van der Waals surface area contributed by atoms with Crippen LogP contribution in [0.3, 0.4) is 0 Å². The van der Waals surface area contributed by atoms with Crippen LogP contribution >= 0.6 is 0 Å². The smallest absolute Gasteiger partial charge is 0.326 e. The quantitative estimate of drug-likeness (QED) is 0.574. The first-order chi connectivity index (χ1) is 16.5. The fourth-order valence-corrected chi connectivity index (χ4v) is 4.92. The number of hydrogen-bond donors (Lipinski definition) is 1. The lowest BCUT2D eigenvalue weighted by Crippen LogP contribution is -2.51. The highest BCUT2D eigenvalue weighted by Gasteiger charge is 2.49. The normalized spacial score (nSPS) is 21.8. The van der Waals surface area contributed by atoms with Crippen molar-refractivity contribution in [2.75, 3.05) is 40.0 Å². The number of fused-ring (bicyclic) bond motifs is 1. The van der Waals surface area contributed by atoms with Crippen LogP contribution in [0.5, 0.6) is 5.75 Å². The highest BCUT2D eigenvalue weighted by atomic mass is 16.5. The number of nitrogens with zero attached hydrogens (tertiary/aromatic N) is 3. The second-order valence-electron chi connectivity index (χ2n) is 9.19. The molecule has 176 valence electrons. The molecule has 2 fully saturated rings. The van der Waals surface area contributed by atoms with E-state index in [9.17, 15) is 9.59 Å². The Balaban J connectivity index is 1.21. The van der Waals surface area contributed by atoms with E-state index in [1.54, 1.807) is 20.1 Å². The third-order valence-electron chi connectivity index (χ3n) is 7.00. The number of methoxy groups -OCH3 is 1. The number of amides is 3. The zero-order valence-electron chi connectivity index (χ0n) is 19.7. The van der Waals surface area contributed by atoms with Crippen molar-refractivity contribution in [2.24, 2.45) is 0 Å². The maximum absolute atomic E-state index is 13.3. The van der Waals surface area contributed by atoms with E-state index in [0.717, 1.165) is 32.7 Å². The first-order valence-corrected chi connectivity index (χ1v) is 11.7. The molecule has 0 aliphatic carbocycles. The maximum Gasteiger partial charge on any atom is 0.326 e. The fourth-order valence-electron chi connectivity index (χ4n) is 4.92. The molecule has 34 heavy (non-hydrogen) atoms. The number of rotatable bonds is 6. The lowest BCUT2D eigenvalue weighted by molar-refractivity contribution is -0.132. The minimum absolute atomic E-state index is 0.232. The molecule has 2 aliphatic heterocycles. The first-order valence-electron chi connectivity index (χ1n) is 11.7. The number of nitrogens with one attached hydrogen (secondary N) is 1. The molecule has 1 N–H and O–H groups in total. The Bertz CT molecular complexity index is 1220. The number of piperazine rings is 1. The van der Waals surface area contributed by atoms with E-state index < -0.39 is 5.54 Å². The second kappa shape index (κ2) is 9.08. The summed E-state index contributed by atoms with van der Waals surface area (Å²) in [7, 11) is 1.59. The molecule has 0 saturated carbocycles. The Labute approximate surface area is 199 Å². The van der Waals surface area contributed by atoms with Gasteiger partial charge in [-0.25, -0.2) is 9.69 Å². The van der Waals surface area contributed by atoms with Gasteiger partial charge in [-0.1, -0.05) is 54.6 Å². The van der Waals surface area contributed by atoms with Crippen LogP contribution in [0.25, 0.3) is 10.8 Å². The Kier molecular flexibility index (Phi) is 5.98. The van der Waals surface area contributed by atoms with Gasteiger partial charge >= 0.3 is 6.03 Å². The van der Waals surface area contributed by atoms with Crippen LogP contribution in [0.1, 0.15) is 18.1 Å². The number of hydrogen-bond acceptors (Lipinski definition) is 5. The molecule has 2 heterocycles. The van der Waals surface area contributed by atoms with Gasteiger partial charge in [0.1, 0.15) is 11.3 Å². The molecule has 3 aromatic rings. The molecule has 1 unspecified atom stereocenters. The maximum atomic E-state index is 13.3. The molecule has 2 aliphatic rings. The molecule has 5 rings (SSSR count). The van der Waals surface area contributed by atoms with Gasteiger partial charge in [-0.2, -0.15) is 0 Å². The minimum Gasteiger partial charge on any atom is -0.497 e. The van der Waals surface area contributed by atoms with Gasteiger partial charge in [0, 0.05) is 32.7 Å². The Morgan fingerprint density at radius 1 is 0.912 bits per heavy atom. The average molecular weight is 459 g/mol. The number of carbonyl (C=O) groups excluding carboxylic acids is 2. The lowest BCUT2D eigenvalue weighted by Gasteiger charge is -2.36. The number of carbonyl (C=O) groups is 2. The van der Waals surface area contributed by atoms with Crippen LogP contribution < -0.4 is 10.1 Å². The van der Waals surface area contributed by atoms with Crippen LogP contribution in [-0.2, 0) is 16.9 Å². The summed E-state index contributed by atoms with van der Waals surface area (Å²) < 4.78 is 5.30. The van der Waals surface area contributed by atoms with Crippen LogP contribution in [0.2, 0.25) is 0 Å². The second-order valence-corrected chi connectivity index (χ2v) is 9.19. The summed E-state index contributed by atoms with van der Waals surface area (Å²) in [5, 5.41) is 5.45. The highest BCUT2D eigenvalue weighted by Crippen LogP contribution is 2.31. The summed E-state index contributed by atoms with van der Waals surface area (Å²) in [6.07, 6.45) is 0. The van der Waals surface area contributed by atoms with Crippen molar-refractivity contribution in [3.05, 3.63) is 77.9 Å². The number of imide groups is 1. The summed E-state index contributed by atoms with van der Waals surface area (Å²) in [6, 6.07) is 21.9. The van der Waals surface area contributed by atoms with Crippen molar-refractivity contribution in [3.63, 3.8) is 0 Å². The van der Waals surface area contributed by atoms with Crippen molar-refractivity contribution in [2.45, 2.75) is 19.0 Å². The van der Waals surface area contributed by atoms with Gasteiger partial charge < -0.3 is 10.1 Å². The van der Waals surface area contributed by atoms with Gasteiger partial charge in [0.2, 0.25) is 0 Å². The Hall–Kier alpha value is -3.42. The van der Waals surface area contributed by atoms with Gasteiger partial charge in [-0.3, -0.25) is 14.6 Å². The molecule has 0 bridgehead atoms. The predicted molar refractivity (Wildman–Crippen MR) is 131 cm³/mol.